The predicted octanol–water partition coefficient (Wildman–Crippen LogP) is 1.76. The number of carbonyl (C=O) groups is 1. The number of esters is 1. The third kappa shape index (κ3) is 4.23. The average molecular weight is 276 g/mol. The fourth-order valence-corrected chi connectivity index (χ4v) is 1.28. The van der Waals surface area contributed by atoms with Crippen LogP contribution in [0.15, 0.2) is 17.2 Å². The van der Waals surface area contributed by atoms with Gasteiger partial charge in [-0.1, -0.05) is 12.2 Å². The van der Waals surface area contributed by atoms with Gasteiger partial charge in [0.1, 0.15) is 0 Å². The van der Waals surface area contributed by atoms with Crippen LogP contribution < -0.4 is 5.56 Å². The Morgan fingerprint density at radius 3 is 2.79 bits per heavy atom. The van der Waals surface area contributed by atoms with E-state index in [-0.39, 0.29) is 13.0 Å². The molecule has 0 unspecified atom stereocenters. The van der Waals surface area contributed by atoms with Gasteiger partial charge in [0.15, 0.2) is 5.69 Å². The molecule has 8 heteroatoms. The van der Waals surface area contributed by atoms with Gasteiger partial charge in [0.25, 0.3) is 5.56 Å². The van der Waals surface area contributed by atoms with E-state index in [4.69, 9.17) is 0 Å². The lowest BCUT2D eigenvalue weighted by molar-refractivity contribution is -0.142. The van der Waals surface area contributed by atoms with Gasteiger partial charge in [-0.15, -0.1) is 0 Å². The second kappa shape index (κ2) is 6.17. The van der Waals surface area contributed by atoms with Crippen molar-refractivity contribution < 1.29 is 22.7 Å². The first kappa shape index (κ1) is 14.9. The van der Waals surface area contributed by atoms with Crippen molar-refractivity contribution in [2.45, 2.75) is 19.5 Å². The topological polar surface area (TPSA) is 72.0 Å². The molecule has 1 heterocycles. The maximum absolute atomic E-state index is 12.6. The number of aromatic amines is 1. The van der Waals surface area contributed by atoms with Gasteiger partial charge in [-0.3, -0.25) is 9.59 Å². The molecular formula is C11H11F3N2O3. The molecule has 0 aliphatic heterocycles. The Kier molecular flexibility index (Phi) is 4.85. The molecule has 0 amide bonds. The molecule has 0 spiro atoms. The Morgan fingerprint density at radius 1 is 1.53 bits per heavy atom. The molecule has 0 fully saturated rings. The Hall–Kier alpha value is -2.12. The maximum atomic E-state index is 12.6. The molecule has 0 saturated carbocycles. The third-order valence-electron chi connectivity index (χ3n) is 2.03. The van der Waals surface area contributed by atoms with Crippen LogP contribution in [0.5, 0.6) is 0 Å². The maximum Gasteiger partial charge on any atom is 0.434 e. The molecular weight excluding hydrogens is 265 g/mol. The predicted molar refractivity (Wildman–Crippen MR) is 60.1 cm³/mol. The van der Waals surface area contributed by atoms with Gasteiger partial charge in [0, 0.05) is 0 Å². The molecule has 0 aromatic carbocycles. The highest BCUT2D eigenvalue weighted by Gasteiger charge is 2.35. The van der Waals surface area contributed by atoms with Gasteiger partial charge >= 0.3 is 12.1 Å². The van der Waals surface area contributed by atoms with Crippen LogP contribution in [-0.2, 0) is 15.7 Å². The van der Waals surface area contributed by atoms with Crippen LogP contribution in [0.25, 0.3) is 6.08 Å². The number of hydrogen-bond donors (Lipinski definition) is 1. The first-order valence-corrected chi connectivity index (χ1v) is 5.33. The zero-order chi connectivity index (χ0) is 14.5. The molecule has 0 radical (unpaired) electrons. The van der Waals surface area contributed by atoms with Crippen LogP contribution in [-0.4, -0.2) is 22.5 Å². The molecule has 5 nitrogen and oxygen atoms in total. The van der Waals surface area contributed by atoms with Gasteiger partial charge in [0.05, 0.1) is 24.9 Å². The van der Waals surface area contributed by atoms with Crippen molar-refractivity contribution in [1.29, 1.82) is 0 Å². The molecule has 1 rings (SSSR count). The molecule has 1 N–H and O–H groups in total. The molecule has 1 aromatic rings. The molecule has 1 aromatic heterocycles. The van der Waals surface area contributed by atoms with E-state index in [9.17, 15) is 22.8 Å². The van der Waals surface area contributed by atoms with Crippen molar-refractivity contribution in [3.63, 3.8) is 0 Å². The second-order valence-electron chi connectivity index (χ2n) is 3.40. The Morgan fingerprint density at radius 2 is 2.21 bits per heavy atom. The number of halogens is 3. The van der Waals surface area contributed by atoms with Crippen LogP contribution in [0.1, 0.15) is 24.6 Å². The number of hydrogen-bond acceptors (Lipinski definition) is 4. The zero-order valence-electron chi connectivity index (χ0n) is 9.95. The van der Waals surface area contributed by atoms with E-state index in [0.29, 0.717) is 6.33 Å². The minimum absolute atomic E-state index is 0.175. The van der Waals surface area contributed by atoms with E-state index in [2.05, 4.69) is 9.72 Å². The highest BCUT2D eigenvalue weighted by molar-refractivity contribution is 5.72. The number of nitrogens with zero attached hydrogens (tertiary/aromatic N) is 1. The van der Waals surface area contributed by atoms with Crippen LogP contribution in [0.4, 0.5) is 13.2 Å². The summed E-state index contributed by atoms with van der Waals surface area (Å²) >= 11 is 0. The van der Waals surface area contributed by atoms with Crippen LogP contribution in [0.2, 0.25) is 0 Å². The fourth-order valence-electron chi connectivity index (χ4n) is 1.28. The van der Waals surface area contributed by atoms with E-state index >= 15 is 0 Å². The highest BCUT2D eigenvalue weighted by Crippen LogP contribution is 2.29. The molecule has 0 aliphatic rings. The third-order valence-corrected chi connectivity index (χ3v) is 2.03. The van der Waals surface area contributed by atoms with Crippen molar-refractivity contribution >= 4 is 12.0 Å². The standard InChI is InChI=1S/C11H11F3N2O3/c1-2-19-8(17)5-3-4-7-9(11(12,13)14)15-6-16-10(7)18/h3-4,6H,2,5H2,1H3,(H,15,16,18). The van der Waals surface area contributed by atoms with E-state index in [1.807, 2.05) is 4.98 Å². The van der Waals surface area contributed by atoms with Crippen LogP contribution >= 0.6 is 0 Å². The number of ether oxygens (including phenoxy) is 1. The number of nitrogens with one attached hydrogen (secondary N) is 1. The van der Waals surface area contributed by atoms with E-state index in [0.717, 1.165) is 12.2 Å². The fraction of sp³-hybridized carbons (Fsp3) is 0.364. The zero-order valence-corrected chi connectivity index (χ0v) is 9.95. The van der Waals surface area contributed by atoms with Gasteiger partial charge in [-0.05, 0) is 6.92 Å². The SMILES string of the molecule is CCOC(=O)CC=Cc1c(C(F)(F)F)nc[nH]c1=O. The van der Waals surface area contributed by atoms with Crippen LogP contribution in [0, 0.1) is 0 Å². The quantitative estimate of drug-likeness (QED) is 0.850. The first-order valence-electron chi connectivity index (χ1n) is 5.33. The summed E-state index contributed by atoms with van der Waals surface area (Å²) in [7, 11) is 0. The minimum Gasteiger partial charge on any atom is -0.466 e. The Labute approximate surface area is 106 Å². The van der Waals surface area contributed by atoms with Crippen molar-refractivity contribution in [3.05, 3.63) is 34.0 Å². The number of alkyl halides is 3. The van der Waals surface area contributed by atoms with E-state index < -0.39 is 29.0 Å². The summed E-state index contributed by atoms with van der Waals surface area (Å²) in [5.41, 5.74) is -2.86. The number of rotatable bonds is 4. The summed E-state index contributed by atoms with van der Waals surface area (Å²) in [6.07, 6.45) is -2.25. The number of carbonyl (C=O) groups excluding carboxylic acids is 1. The molecule has 0 atom stereocenters. The average Bonchev–Trinajstić information content (AvgIpc) is 2.30. The number of H-pyrrole nitrogens is 1. The van der Waals surface area contributed by atoms with Crippen molar-refractivity contribution in [2.75, 3.05) is 6.61 Å². The first-order chi connectivity index (χ1) is 8.86. The van der Waals surface area contributed by atoms with Crippen molar-refractivity contribution in [3.8, 4) is 0 Å². The minimum atomic E-state index is -4.74. The summed E-state index contributed by atoms with van der Waals surface area (Å²) in [4.78, 5) is 27.5. The largest absolute Gasteiger partial charge is 0.466 e. The van der Waals surface area contributed by atoms with Crippen LogP contribution in [0.3, 0.4) is 0 Å². The summed E-state index contributed by atoms with van der Waals surface area (Å²) in [6, 6.07) is 0. The summed E-state index contributed by atoms with van der Waals surface area (Å²) in [6.45, 7) is 1.78. The lowest BCUT2D eigenvalue weighted by Gasteiger charge is -2.07. The van der Waals surface area contributed by atoms with Gasteiger partial charge in [-0.2, -0.15) is 13.2 Å². The molecule has 104 valence electrons. The van der Waals surface area contributed by atoms with Gasteiger partial charge in [-0.25, -0.2) is 4.98 Å². The summed E-state index contributed by atoms with van der Waals surface area (Å²) < 4.78 is 42.4. The smallest absolute Gasteiger partial charge is 0.434 e. The van der Waals surface area contributed by atoms with Gasteiger partial charge in [0.2, 0.25) is 0 Å². The normalized spacial score (nSPS) is 11.8. The number of aromatic nitrogens is 2. The second-order valence-corrected chi connectivity index (χ2v) is 3.40. The van der Waals surface area contributed by atoms with Crippen molar-refractivity contribution in [2.24, 2.45) is 0 Å². The molecule has 0 aliphatic carbocycles. The van der Waals surface area contributed by atoms with Crippen molar-refractivity contribution in [1.82, 2.24) is 9.97 Å². The van der Waals surface area contributed by atoms with E-state index in [1.165, 1.54) is 0 Å². The lowest BCUT2D eigenvalue weighted by atomic mass is 10.2. The summed E-state index contributed by atoms with van der Waals surface area (Å²) in [5, 5.41) is 0. The monoisotopic (exact) mass is 276 g/mol. The molecule has 0 saturated heterocycles. The molecule has 0 bridgehead atoms. The Bertz CT molecular complexity index is 535. The molecule has 19 heavy (non-hydrogen) atoms. The summed E-state index contributed by atoms with van der Waals surface area (Å²) in [5.74, 6) is -0.590. The lowest BCUT2D eigenvalue weighted by Crippen LogP contribution is -2.20. The van der Waals surface area contributed by atoms with Gasteiger partial charge < -0.3 is 9.72 Å². The highest BCUT2D eigenvalue weighted by atomic mass is 19.4. The van der Waals surface area contributed by atoms with E-state index in [1.54, 1.807) is 6.92 Å². The Balaban J connectivity index is 2.98.